The molecular weight excluding hydrogens is 308 g/mol. The summed E-state index contributed by atoms with van der Waals surface area (Å²) in [4.78, 5) is 0. The molecule has 1 heterocycles. The molecule has 0 aliphatic rings. The molecule has 3 radical (unpaired) electrons. The first kappa shape index (κ1) is 18.6. The van der Waals surface area contributed by atoms with Crippen LogP contribution in [0.15, 0.2) is 85.2 Å². The van der Waals surface area contributed by atoms with E-state index in [4.69, 9.17) is 0 Å². The predicted molar refractivity (Wildman–Crippen MR) is 108 cm³/mol. The first-order valence-corrected chi connectivity index (χ1v) is 9.94. The monoisotopic (exact) mass is 332 g/mol. The molecule has 3 rings (SSSR count). The molecule has 0 saturated carbocycles. The highest BCUT2D eigenvalue weighted by Gasteiger charge is 2.12. The van der Waals surface area contributed by atoms with E-state index in [-0.39, 0.29) is 16.3 Å². The van der Waals surface area contributed by atoms with Crippen molar-refractivity contribution in [3.8, 4) is 0 Å². The van der Waals surface area contributed by atoms with Crippen LogP contribution in [0.3, 0.4) is 0 Å². The third-order valence-electron chi connectivity index (χ3n) is 4.10. The zero-order chi connectivity index (χ0) is 15.7. The fourth-order valence-corrected chi connectivity index (χ4v) is 5.30. The molecule has 1 aromatic heterocycles. The molecule has 0 aliphatic heterocycles. The fraction of sp³-hybridized carbons (Fsp3) is 0.238. The summed E-state index contributed by atoms with van der Waals surface area (Å²) in [6.45, 7) is 1.14. The molecule has 2 aromatic carbocycles. The Morgan fingerprint density at radius 1 is 0.625 bits per heavy atom. The summed E-state index contributed by atoms with van der Waals surface area (Å²) in [7, 11) is -0.219. The van der Waals surface area contributed by atoms with E-state index in [1.165, 1.54) is 36.0 Å². The number of benzene rings is 2. The molecule has 24 heavy (non-hydrogen) atoms. The number of aryl methyl sites for hydroxylation is 1. The van der Waals surface area contributed by atoms with Crippen LogP contribution in [-0.2, 0) is 6.54 Å². The SMILES string of the molecule is [B].c1ccc(P(CCCCCn2cccc2)c2ccccc2)cc1. The van der Waals surface area contributed by atoms with E-state index in [1.807, 2.05) is 0 Å². The molecule has 0 saturated heterocycles. The summed E-state index contributed by atoms with van der Waals surface area (Å²) >= 11 is 0. The Balaban J connectivity index is 0.00000208. The summed E-state index contributed by atoms with van der Waals surface area (Å²) in [5.41, 5.74) is 0. The Kier molecular flexibility index (Phi) is 7.85. The van der Waals surface area contributed by atoms with Crippen LogP contribution in [-0.4, -0.2) is 19.1 Å². The molecule has 0 bridgehead atoms. The minimum Gasteiger partial charge on any atom is -0.354 e. The van der Waals surface area contributed by atoms with Gasteiger partial charge in [0.2, 0.25) is 0 Å². The van der Waals surface area contributed by atoms with E-state index >= 15 is 0 Å². The lowest BCUT2D eigenvalue weighted by atomic mass is 10.2. The van der Waals surface area contributed by atoms with E-state index in [0.29, 0.717) is 0 Å². The summed E-state index contributed by atoms with van der Waals surface area (Å²) in [5.74, 6) is 0. The Hall–Kier alpha value is -1.79. The van der Waals surface area contributed by atoms with Gasteiger partial charge in [0.25, 0.3) is 0 Å². The number of rotatable bonds is 8. The molecule has 121 valence electrons. The van der Waals surface area contributed by atoms with Crippen LogP contribution < -0.4 is 10.6 Å². The van der Waals surface area contributed by atoms with Crippen molar-refractivity contribution in [2.45, 2.75) is 25.8 Å². The average Bonchev–Trinajstić information content (AvgIpc) is 3.13. The summed E-state index contributed by atoms with van der Waals surface area (Å²) in [5, 5.41) is 3.00. The van der Waals surface area contributed by atoms with Crippen LogP contribution in [0.25, 0.3) is 0 Å². The molecule has 0 amide bonds. The van der Waals surface area contributed by atoms with E-state index in [1.54, 1.807) is 0 Å². The molecule has 0 spiro atoms. The first-order valence-electron chi connectivity index (χ1n) is 8.42. The lowest BCUT2D eigenvalue weighted by Crippen LogP contribution is -2.13. The first-order chi connectivity index (χ1) is 11.4. The maximum absolute atomic E-state index is 2.29. The van der Waals surface area contributed by atoms with Crippen molar-refractivity contribution in [3.05, 3.63) is 85.2 Å². The maximum atomic E-state index is 2.29. The highest BCUT2D eigenvalue weighted by molar-refractivity contribution is 7.73. The predicted octanol–water partition coefficient (Wildman–Crippen LogP) is 4.41. The van der Waals surface area contributed by atoms with Crippen LogP contribution in [0, 0.1) is 0 Å². The number of hydrogen-bond acceptors (Lipinski definition) is 0. The summed E-state index contributed by atoms with van der Waals surface area (Å²) in [6, 6.07) is 26.2. The smallest absolute Gasteiger partial charge is 0.0219 e. The quantitative estimate of drug-likeness (QED) is 0.327. The molecule has 0 atom stereocenters. The van der Waals surface area contributed by atoms with Crippen molar-refractivity contribution in [2.24, 2.45) is 0 Å². The number of nitrogens with zero attached hydrogens (tertiary/aromatic N) is 1. The third-order valence-corrected chi connectivity index (χ3v) is 6.71. The minimum absolute atomic E-state index is 0. The molecule has 0 fully saturated rings. The van der Waals surface area contributed by atoms with E-state index < -0.39 is 0 Å². The van der Waals surface area contributed by atoms with Crippen molar-refractivity contribution < 1.29 is 0 Å². The minimum atomic E-state index is -0.219. The van der Waals surface area contributed by atoms with Crippen molar-refractivity contribution in [1.29, 1.82) is 0 Å². The van der Waals surface area contributed by atoms with Gasteiger partial charge in [-0.25, -0.2) is 0 Å². The Morgan fingerprint density at radius 3 is 1.71 bits per heavy atom. The fourth-order valence-electron chi connectivity index (χ4n) is 2.88. The topological polar surface area (TPSA) is 4.93 Å². The molecule has 0 N–H and O–H groups in total. The van der Waals surface area contributed by atoms with Crippen LogP contribution in [0.2, 0.25) is 0 Å². The van der Waals surface area contributed by atoms with Crippen molar-refractivity contribution in [2.75, 3.05) is 6.16 Å². The highest BCUT2D eigenvalue weighted by atomic mass is 31.1. The van der Waals surface area contributed by atoms with Gasteiger partial charge in [0.15, 0.2) is 0 Å². The van der Waals surface area contributed by atoms with E-state index in [2.05, 4.69) is 89.8 Å². The second kappa shape index (κ2) is 10.2. The van der Waals surface area contributed by atoms with Crippen LogP contribution in [0.1, 0.15) is 19.3 Å². The Bertz CT molecular complexity index is 628. The molecule has 0 unspecified atom stereocenters. The summed E-state index contributed by atoms with van der Waals surface area (Å²) in [6.07, 6.45) is 9.46. The van der Waals surface area contributed by atoms with Crippen LogP contribution in [0.5, 0.6) is 0 Å². The average molecular weight is 332 g/mol. The van der Waals surface area contributed by atoms with E-state index in [9.17, 15) is 0 Å². The van der Waals surface area contributed by atoms with Crippen molar-refractivity contribution in [1.82, 2.24) is 4.57 Å². The van der Waals surface area contributed by atoms with Gasteiger partial charge in [0.1, 0.15) is 0 Å². The number of aromatic nitrogens is 1. The van der Waals surface area contributed by atoms with Gasteiger partial charge in [-0.3, -0.25) is 0 Å². The largest absolute Gasteiger partial charge is 0.354 e. The Labute approximate surface area is 149 Å². The van der Waals surface area contributed by atoms with Crippen LogP contribution in [0.4, 0.5) is 0 Å². The van der Waals surface area contributed by atoms with E-state index in [0.717, 1.165) is 6.54 Å². The van der Waals surface area contributed by atoms with Gasteiger partial charge in [0.05, 0.1) is 0 Å². The molecule has 3 heteroatoms. The van der Waals surface area contributed by atoms with Gasteiger partial charge in [-0.2, -0.15) is 0 Å². The molecule has 1 nitrogen and oxygen atoms in total. The number of unbranched alkanes of at least 4 members (excludes halogenated alkanes) is 2. The molecule has 3 aromatic rings. The lowest BCUT2D eigenvalue weighted by Gasteiger charge is -2.18. The second-order valence-electron chi connectivity index (χ2n) is 5.80. The normalized spacial score (nSPS) is 10.5. The van der Waals surface area contributed by atoms with Gasteiger partial charge >= 0.3 is 0 Å². The van der Waals surface area contributed by atoms with Crippen LogP contribution >= 0.6 is 7.92 Å². The Morgan fingerprint density at radius 2 is 1.17 bits per heavy atom. The standard InChI is InChI=1S/C21H24NP.B/c1-4-12-20(13-5-1)23(21-14-6-2-7-15-21)19-11-3-8-16-22-17-9-10-18-22;/h1-2,4-7,9-10,12-15,17-18H,3,8,11,16,19H2;. The van der Waals surface area contributed by atoms with Crippen molar-refractivity contribution in [3.63, 3.8) is 0 Å². The van der Waals surface area contributed by atoms with Gasteiger partial charge in [-0.05, 0) is 49.7 Å². The maximum Gasteiger partial charge on any atom is 0.0219 e. The van der Waals surface area contributed by atoms with Gasteiger partial charge in [-0.1, -0.05) is 67.1 Å². The second-order valence-corrected chi connectivity index (χ2v) is 8.14. The zero-order valence-corrected chi connectivity index (χ0v) is 15.0. The van der Waals surface area contributed by atoms with Gasteiger partial charge < -0.3 is 4.57 Å². The third kappa shape index (κ3) is 5.39. The summed E-state index contributed by atoms with van der Waals surface area (Å²) < 4.78 is 2.28. The lowest BCUT2D eigenvalue weighted by molar-refractivity contribution is 0.606. The van der Waals surface area contributed by atoms with Crippen molar-refractivity contribution >= 4 is 26.9 Å². The highest BCUT2D eigenvalue weighted by Crippen LogP contribution is 2.34. The molecular formula is C21H24BNP. The molecule has 0 aliphatic carbocycles. The zero-order valence-electron chi connectivity index (χ0n) is 14.1. The number of hydrogen-bond donors (Lipinski definition) is 0. The van der Waals surface area contributed by atoms with Gasteiger partial charge in [-0.15, -0.1) is 0 Å². The van der Waals surface area contributed by atoms with Gasteiger partial charge in [0, 0.05) is 27.4 Å².